The summed E-state index contributed by atoms with van der Waals surface area (Å²) in [5.74, 6) is 0. The molecule has 0 spiro atoms. The first-order valence-electron chi connectivity index (χ1n) is 7.62. The Morgan fingerprint density at radius 2 is 1.58 bits per heavy atom. The standard InChI is InChI=1S/C13H13.C7H7O.2ClH.Ti/c1-10-8-11(2)13(9-10)12-6-4-3-5-7-12;8-6-7-4-2-1-3-5-7;;;/h3-6,8H,9H2,1-2H3;1-5H,6H2;2*1H;/q;-1;;;+3/p-2. The quantitative estimate of drug-likeness (QED) is 0.570. The average molecular weight is 395 g/mol. The van der Waals surface area contributed by atoms with Crippen LogP contribution in [0.4, 0.5) is 0 Å². The van der Waals surface area contributed by atoms with E-state index in [1.807, 2.05) is 6.07 Å². The first-order chi connectivity index (χ1) is 10.7. The third kappa shape index (κ3) is 5.34. The van der Waals surface area contributed by atoms with Crippen LogP contribution in [-0.4, -0.2) is 0 Å². The topological polar surface area (TPSA) is 9.23 Å². The fraction of sp³-hybridized carbons (Fsp3) is 0.200. The molecule has 1 aliphatic rings. The Bertz CT molecular complexity index is 723. The van der Waals surface area contributed by atoms with Gasteiger partial charge in [-0.2, -0.15) is 0 Å². The summed E-state index contributed by atoms with van der Waals surface area (Å²) in [5, 5.41) is 0. The molecule has 0 saturated carbocycles. The van der Waals surface area contributed by atoms with E-state index < -0.39 is 19.5 Å². The van der Waals surface area contributed by atoms with E-state index in [2.05, 4.69) is 68.5 Å². The molecule has 0 bridgehead atoms. The molecule has 0 aliphatic heterocycles. The second-order valence-corrected chi connectivity index (χ2v) is 7.36. The Balaban J connectivity index is 0.00000144. The third-order valence-electron chi connectivity index (χ3n) is 3.91. The molecule has 0 saturated heterocycles. The van der Waals surface area contributed by atoms with Crippen molar-refractivity contribution >= 4 is 9.44 Å². The molecule has 0 atom stereocenters. The Morgan fingerprint density at radius 1 is 0.917 bits per heavy atom. The summed E-state index contributed by atoms with van der Waals surface area (Å²) in [4.78, 5) is 0. The molecule has 0 heterocycles. The van der Waals surface area contributed by atoms with Crippen LogP contribution in [0.3, 0.4) is 0 Å². The Kier molecular flexibility index (Phi) is 9.04. The van der Waals surface area contributed by atoms with Crippen LogP contribution in [-0.2, 0) is 29.5 Å². The minimum Gasteiger partial charge on any atom is -1.00 e. The zero-order valence-corrected chi connectivity index (χ0v) is 16.9. The van der Waals surface area contributed by atoms with E-state index >= 15 is 0 Å². The van der Waals surface area contributed by atoms with Gasteiger partial charge in [0.25, 0.3) is 0 Å². The molecular formula is C20H20Cl2OTi. The summed E-state index contributed by atoms with van der Waals surface area (Å²) in [6.45, 7) is 5.14. The van der Waals surface area contributed by atoms with Gasteiger partial charge < -0.3 is 24.8 Å². The number of hydrogen-bond donors (Lipinski definition) is 0. The van der Waals surface area contributed by atoms with Gasteiger partial charge in [-0.25, -0.2) is 0 Å². The summed E-state index contributed by atoms with van der Waals surface area (Å²) in [6.07, 6.45) is 3.38. The largest absolute Gasteiger partial charge is 1.00 e. The Morgan fingerprint density at radius 3 is 2.25 bits per heavy atom. The summed E-state index contributed by atoms with van der Waals surface area (Å²) in [5.41, 5.74) is 6.96. The Labute approximate surface area is 166 Å². The van der Waals surface area contributed by atoms with E-state index in [0.717, 1.165) is 6.42 Å². The van der Waals surface area contributed by atoms with Gasteiger partial charge in [-0.15, -0.1) is 0 Å². The van der Waals surface area contributed by atoms with Crippen LogP contribution in [0, 0.1) is 0 Å². The minimum absolute atomic E-state index is 0. The number of halogens is 2. The van der Waals surface area contributed by atoms with E-state index in [0.29, 0.717) is 6.61 Å². The molecule has 0 N–H and O–H groups in total. The first kappa shape index (κ1) is 21.2. The van der Waals surface area contributed by atoms with Crippen LogP contribution in [0.15, 0.2) is 71.8 Å². The Hall–Kier alpha value is -0.826. The molecule has 24 heavy (non-hydrogen) atoms. The van der Waals surface area contributed by atoms with Crippen molar-refractivity contribution in [3.8, 4) is 0 Å². The van der Waals surface area contributed by atoms with Gasteiger partial charge in [-0.3, -0.25) is 0 Å². The molecule has 1 nitrogen and oxygen atoms in total. The van der Waals surface area contributed by atoms with Crippen molar-refractivity contribution in [3.05, 3.63) is 82.9 Å². The van der Waals surface area contributed by atoms with Gasteiger partial charge >= 0.3 is 142 Å². The fourth-order valence-corrected chi connectivity index (χ4v) is 4.25. The maximum Gasteiger partial charge on any atom is -1.00 e. The molecule has 124 valence electrons. The van der Waals surface area contributed by atoms with Gasteiger partial charge in [0.1, 0.15) is 0 Å². The summed E-state index contributed by atoms with van der Waals surface area (Å²) >= 11 is -0.578. The molecule has 0 amide bonds. The van der Waals surface area contributed by atoms with Crippen molar-refractivity contribution in [2.45, 2.75) is 26.9 Å². The zero-order chi connectivity index (χ0) is 15.4. The molecule has 0 radical (unpaired) electrons. The fourth-order valence-electron chi connectivity index (χ4n) is 2.84. The minimum atomic E-state index is -0.578. The van der Waals surface area contributed by atoms with Crippen molar-refractivity contribution < 1.29 is 47.7 Å². The number of hydrogen-bond acceptors (Lipinski definition) is 1. The number of allylic oxidation sites excluding steroid dienone is 4. The van der Waals surface area contributed by atoms with Crippen molar-refractivity contribution in [1.82, 2.24) is 0 Å². The van der Waals surface area contributed by atoms with Gasteiger partial charge in [0, 0.05) is 0 Å². The summed E-state index contributed by atoms with van der Waals surface area (Å²) in [7, 11) is 0. The van der Waals surface area contributed by atoms with E-state index in [-0.39, 0.29) is 24.8 Å². The van der Waals surface area contributed by atoms with Crippen LogP contribution >= 0.6 is 0 Å². The van der Waals surface area contributed by atoms with Gasteiger partial charge in [0.05, 0.1) is 0 Å². The third-order valence-corrected chi connectivity index (χ3v) is 5.39. The van der Waals surface area contributed by atoms with Crippen LogP contribution in [0.5, 0.6) is 0 Å². The van der Waals surface area contributed by atoms with Crippen molar-refractivity contribution in [2.24, 2.45) is 0 Å². The molecule has 1 aliphatic carbocycles. The van der Waals surface area contributed by atoms with Crippen LogP contribution in [0.25, 0.3) is 5.57 Å². The van der Waals surface area contributed by atoms with Crippen LogP contribution < -0.4 is 28.7 Å². The van der Waals surface area contributed by atoms with Crippen LogP contribution in [0.2, 0.25) is 0 Å². The van der Waals surface area contributed by atoms with Crippen molar-refractivity contribution in [1.29, 1.82) is 0 Å². The molecule has 2 aromatic carbocycles. The predicted molar refractivity (Wildman–Crippen MR) is 88.3 cm³/mol. The number of rotatable bonds is 5. The predicted octanol–water partition coefficient (Wildman–Crippen LogP) is -1.34. The van der Waals surface area contributed by atoms with Gasteiger partial charge in [-0.1, -0.05) is 0 Å². The first-order valence-corrected chi connectivity index (χ1v) is 9.04. The SMILES string of the molecule is CC1=CC(C)=C(c2cccc[c]2[Ti+2][O]Cc2ccccc2)C1.[Cl-].[Cl-]. The van der Waals surface area contributed by atoms with Gasteiger partial charge in [-0.05, 0) is 0 Å². The van der Waals surface area contributed by atoms with Crippen molar-refractivity contribution in [3.63, 3.8) is 0 Å². The molecule has 2 aromatic rings. The average Bonchev–Trinajstić information content (AvgIpc) is 2.87. The maximum atomic E-state index is 6.05. The molecule has 4 heteroatoms. The monoisotopic (exact) mass is 394 g/mol. The maximum absolute atomic E-state index is 6.05. The van der Waals surface area contributed by atoms with E-state index in [4.69, 9.17) is 3.32 Å². The second-order valence-electron chi connectivity index (χ2n) is 5.75. The van der Waals surface area contributed by atoms with E-state index in [1.54, 1.807) is 0 Å². The molecule has 0 fully saturated rings. The van der Waals surface area contributed by atoms with Crippen molar-refractivity contribution in [2.75, 3.05) is 0 Å². The molecular weight excluding hydrogens is 375 g/mol. The molecule has 0 unspecified atom stereocenters. The van der Waals surface area contributed by atoms with E-state index in [1.165, 1.54) is 31.7 Å². The zero-order valence-electron chi connectivity index (χ0n) is 13.9. The molecule has 3 rings (SSSR count). The summed E-state index contributed by atoms with van der Waals surface area (Å²) in [6, 6.07) is 19.1. The van der Waals surface area contributed by atoms with Crippen LogP contribution in [0.1, 0.15) is 31.4 Å². The normalized spacial score (nSPS) is 12.8. The smallest absolute Gasteiger partial charge is 1.00 e. The number of benzene rings is 2. The summed E-state index contributed by atoms with van der Waals surface area (Å²) < 4.78 is 7.45. The van der Waals surface area contributed by atoms with Gasteiger partial charge in [0.2, 0.25) is 0 Å². The van der Waals surface area contributed by atoms with Gasteiger partial charge in [0.15, 0.2) is 0 Å². The second kappa shape index (κ2) is 10.2. The van der Waals surface area contributed by atoms with E-state index in [9.17, 15) is 0 Å². The molecule has 0 aromatic heterocycles.